The molecule has 2 aromatic rings. The molecule has 2 aromatic carbocycles. The van der Waals surface area contributed by atoms with Crippen molar-refractivity contribution < 1.29 is 65.7 Å². The minimum Gasteiger partial charge on any atom is -0.496 e. The first-order valence-electron chi connectivity index (χ1n) is 12.0. The van der Waals surface area contributed by atoms with Crippen LogP contribution in [0.2, 0.25) is 0 Å². The van der Waals surface area contributed by atoms with E-state index in [-0.39, 0.29) is 63.2 Å². The van der Waals surface area contributed by atoms with E-state index >= 15 is 0 Å². The number of rotatable bonds is 7. The summed E-state index contributed by atoms with van der Waals surface area (Å²) in [6.45, 7) is 10.9. The minimum absolute atomic E-state index is 0. The van der Waals surface area contributed by atoms with Gasteiger partial charge in [0, 0.05) is 43.2 Å². The van der Waals surface area contributed by atoms with Crippen LogP contribution < -0.4 is 72.1 Å². The average Bonchev–Trinajstić information content (AvgIpc) is 2.82. The van der Waals surface area contributed by atoms with Crippen molar-refractivity contribution in [2.24, 2.45) is 11.8 Å². The predicted octanol–water partition coefficient (Wildman–Crippen LogP) is 1.61. The minimum atomic E-state index is 0. The summed E-state index contributed by atoms with van der Waals surface area (Å²) >= 11 is 0. The van der Waals surface area contributed by atoms with E-state index in [4.69, 9.17) is 4.74 Å². The third-order valence-corrected chi connectivity index (χ3v) is 6.53. The van der Waals surface area contributed by atoms with Crippen LogP contribution in [0.3, 0.4) is 0 Å². The molecule has 1 amide bonds. The van der Waals surface area contributed by atoms with E-state index in [1.54, 1.807) is 7.11 Å². The molecule has 2 fully saturated rings. The number of benzene rings is 2. The molecule has 35 heavy (non-hydrogen) atoms. The van der Waals surface area contributed by atoms with Crippen LogP contribution in [0, 0.1) is 39.0 Å². The van der Waals surface area contributed by atoms with Crippen molar-refractivity contribution in [3.05, 3.63) is 65.9 Å². The largest absolute Gasteiger partial charge is 1.00 e. The first-order valence-corrected chi connectivity index (χ1v) is 12.0. The summed E-state index contributed by atoms with van der Waals surface area (Å²) in [5, 5.41) is 9.55. The van der Waals surface area contributed by atoms with Crippen molar-refractivity contribution in [2.45, 2.75) is 39.5 Å². The smallest absolute Gasteiger partial charge is 0.496 e. The van der Waals surface area contributed by atoms with Crippen LogP contribution in [-0.2, 0) is 9.59 Å². The maximum absolute atomic E-state index is 12.1. The Kier molecular flexibility index (Phi) is 12.8. The van der Waals surface area contributed by atoms with Crippen molar-refractivity contribution in [2.75, 3.05) is 37.4 Å². The molecule has 1 aliphatic carbocycles. The Morgan fingerprint density at radius 1 is 1.14 bits per heavy atom. The molecular formula is C28H36KN3O3-2. The Labute approximate surface area is 252 Å². The second kappa shape index (κ2) is 15.0. The Balaban J connectivity index is 0.000000241. The van der Waals surface area contributed by atoms with E-state index < -0.39 is 0 Å². The molecule has 0 bridgehead atoms. The number of carbonyl (C=O) groups is 1. The molecule has 0 radical (unpaired) electrons. The topological polar surface area (TPSA) is 79.5 Å². The van der Waals surface area contributed by atoms with E-state index in [9.17, 15) is 9.59 Å². The average molecular weight is 502 g/mol. The van der Waals surface area contributed by atoms with Crippen LogP contribution in [0.5, 0.6) is 5.75 Å². The summed E-state index contributed by atoms with van der Waals surface area (Å²) < 4.78 is 5.26. The number of ether oxygens (including phenoxy) is 1. The van der Waals surface area contributed by atoms with Gasteiger partial charge in [-0.1, -0.05) is 25.8 Å². The zero-order valence-corrected chi connectivity index (χ0v) is 24.6. The fourth-order valence-electron chi connectivity index (χ4n) is 4.10. The van der Waals surface area contributed by atoms with Gasteiger partial charge in [0.05, 0.1) is 7.11 Å². The zero-order chi connectivity index (χ0) is 24.5. The van der Waals surface area contributed by atoms with Gasteiger partial charge in [0.2, 0.25) is 5.91 Å². The molecule has 3 N–H and O–H groups in total. The van der Waals surface area contributed by atoms with Gasteiger partial charge in [0.15, 0.2) is 0 Å². The summed E-state index contributed by atoms with van der Waals surface area (Å²) in [4.78, 5) is 22.8. The number of amides is 1. The summed E-state index contributed by atoms with van der Waals surface area (Å²) in [5.74, 6) is 1.80. The van der Waals surface area contributed by atoms with Gasteiger partial charge in [-0.2, -0.15) is 18.9 Å². The molecule has 1 aliphatic heterocycles. The molecular weight excluding hydrogens is 465 g/mol. The van der Waals surface area contributed by atoms with Gasteiger partial charge in [-0.05, 0) is 30.5 Å². The van der Waals surface area contributed by atoms with Crippen molar-refractivity contribution >= 4 is 23.6 Å². The van der Waals surface area contributed by atoms with Gasteiger partial charge in [-0.3, -0.25) is 22.8 Å². The number of hydrogen-bond donors (Lipinski definition) is 3. The summed E-state index contributed by atoms with van der Waals surface area (Å²) in [6.07, 6.45) is 8.23. The normalized spacial score (nSPS) is 15.5. The Morgan fingerprint density at radius 3 is 2.46 bits per heavy atom. The van der Waals surface area contributed by atoms with Crippen LogP contribution in [0.15, 0.2) is 30.3 Å². The number of nitrogens with one attached hydrogen (secondary N) is 3. The van der Waals surface area contributed by atoms with Gasteiger partial charge in [0.25, 0.3) is 0 Å². The fourth-order valence-corrected chi connectivity index (χ4v) is 4.10. The Bertz CT molecular complexity index is 986. The first-order chi connectivity index (χ1) is 16.4. The monoisotopic (exact) mass is 501 g/mol. The number of aryl methyl sites for hydroxylation is 2. The summed E-state index contributed by atoms with van der Waals surface area (Å²) in [5.41, 5.74) is 5.21. The summed E-state index contributed by atoms with van der Waals surface area (Å²) in [7, 11) is 1.64. The number of methoxy groups -OCH3 is 1. The quantitative estimate of drug-likeness (QED) is 0.397. The number of anilines is 2. The molecule has 1 saturated carbocycles. The maximum Gasteiger partial charge on any atom is 1.00 e. The van der Waals surface area contributed by atoms with E-state index in [1.165, 1.54) is 0 Å². The number of hydrogen-bond acceptors (Lipinski definition) is 5. The first kappa shape index (κ1) is 29.9. The molecule has 0 unspecified atom stereocenters. The molecule has 4 rings (SSSR count). The van der Waals surface area contributed by atoms with Gasteiger partial charge >= 0.3 is 51.4 Å². The second-order valence-corrected chi connectivity index (χ2v) is 9.14. The van der Waals surface area contributed by atoms with Crippen LogP contribution in [0.25, 0.3) is 0 Å². The van der Waals surface area contributed by atoms with Crippen LogP contribution in [-0.4, -0.2) is 38.9 Å². The zero-order valence-electron chi connectivity index (χ0n) is 21.5. The van der Waals surface area contributed by atoms with E-state index in [2.05, 4.69) is 29.3 Å². The van der Waals surface area contributed by atoms with Crippen LogP contribution in [0.1, 0.15) is 47.9 Å². The van der Waals surface area contributed by atoms with Gasteiger partial charge < -0.3 is 31.9 Å². The standard InChI is InChI=1S/C15H20NO2.C13H16N2O.K/c1-11-8-9-13(10-14(11)18-2)16-15(17)12-6-4-3-5-7-12;1-9-3-13(4-12(8-16)10(9)2)15-7-11-5-14-6-11;/h3,8-10,12H,4-7H2,1-2H3,(H,16,17);3-4,11,14-15H,2,5-7H2,1H3;/q-1;-2;+1. The SMILES string of the molecule is COc1cc(NC(=O)C2CC[CH-]CC2)ccc1C.[CH2-]c1c(C)cc(NCC2CNC2)cc1[C-]=O.[K+]. The molecule has 184 valence electrons. The third-order valence-electron chi connectivity index (χ3n) is 6.53. The molecule has 2 aliphatic rings. The van der Waals surface area contributed by atoms with E-state index in [1.807, 2.05) is 50.5 Å². The third kappa shape index (κ3) is 8.91. The predicted molar refractivity (Wildman–Crippen MR) is 138 cm³/mol. The van der Waals surface area contributed by atoms with Gasteiger partial charge in [0.1, 0.15) is 5.75 Å². The Hall–Kier alpha value is -1.35. The van der Waals surface area contributed by atoms with Gasteiger partial charge in [-0.15, -0.1) is 6.07 Å². The van der Waals surface area contributed by atoms with Crippen LogP contribution in [0.4, 0.5) is 11.4 Å². The van der Waals surface area contributed by atoms with Crippen molar-refractivity contribution in [1.29, 1.82) is 0 Å². The van der Waals surface area contributed by atoms with E-state index in [0.29, 0.717) is 11.5 Å². The van der Waals surface area contributed by atoms with Crippen molar-refractivity contribution in [3.63, 3.8) is 0 Å². The molecule has 6 nitrogen and oxygen atoms in total. The van der Waals surface area contributed by atoms with E-state index in [0.717, 1.165) is 79.1 Å². The molecule has 1 saturated heterocycles. The van der Waals surface area contributed by atoms with Gasteiger partial charge in [-0.25, -0.2) is 5.56 Å². The molecule has 0 atom stereocenters. The molecule has 1 heterocycles. The van der Waals surface area contributed by atoms with Crippen molar-refractivity contribution in [3.8, 4) is 5.75 Å². The second-order valence-electron chi connectivity index (χ2n) is 9.14. The molecule has 7 heteroatoms. The maximum atomic E-state index is 12.1. The van der Waals surface area contributed by atoms with Crippen molar-refractivity contribution in [1.82, 2.24) is 5.32 Å². The Morgan fingerprint density at radius 2 is 1.86 bits per heavy atom. The van der Waals surface area contributed by atoms with Crippen LogP contribution >= 0.6 is 0 Å². The molecule has 0 spiro atoms. The fraction of sp³-hybridized carbons (Fsp3) is 0.429. The molecule has 0 aromatic heterocycles. The number of carbonyl (C=O) groups excluding carboxylic acids is 2. The summed E-state index contributed by atoms with van der Waals surface area (Å²) in [6, 6.07) is 9.60.